The maximum Gasteiger partial charge on any atom is 0.227 e. The third-order valence-electron chi connectivity index (χ3n) is 3.04. The molecule has 18 heavy (non-hydrogen) atoms. The van der Waals surface area contributed by atoms with Crippen molar-refractivity contribution in [2.24, 2.45) is 0 Å². The third-order valence-corrected chi connectivity index (χ3v) is 3.04. The molecule has 1 heterocycles. The average Bonchev–Trinajstić information content (AvgIpc) is 2.75. The molecule has 0 spiro atoms. The Labute approximate surface area is 104 Å². The van der Waals surface area contributed by atoms with Gasteiger partial charge in [-0.2, -0.15) is 0 Å². The number of oxazole rings is 1. The number of aromatic nitrogens is 1. The van der Waals surface area contributed by atoms with Gasteiger partial charge in [0.25, 0.3) is 0 Å². The molecular formula is C15H12FNO. The predicted molar refractivity (Wildman–Crippen MR) is 68.9 cm³/mol. The molecule has 0 unspecified atom stereocenters. The average molecular weight is 241 g/mol. The van der Waals surface area contributed by atoms with Crippen LogP contribution in [-0.4, -0.2) is 4.98 Å². The highest BCUT2D eigenvalue weighted by Gasteiger charge is 2.12. The Balaban J connectivity index is 2.22. The second-order valence-corrected chi connectivity index (χ2v) is 4.40. The summed E-state index contributed by atoms with van der Waals surface area (Å²) in [7, 11) is 0. The van der Waals surface area contributed by atoms with Gasteiger partial charge >= 0.3 is 0 Å². The third kappa shape index (κ3) is 1.68. The van der Waals surface area contributed by atoms with E-state index < -0.39 is 0 Å². The van der Waals surface area contributed by atoms with Crippen molar-refractivity contribution < 1.29 is 8.81 Å². The second-order valence-electron chi connectivity index (χ2n) is 4.40. The number of nitrogens with zero attached hydrogens (tertiary/aromatic N) is 1. The number of fused-ring (bicyclic) bond motifs is 1. The number of aryl methyl sites for hydroxylation is 1. The molecule has 1 aromatic heterocycles. The van der Waals surface area contributed by atoms with E-state index in [0.717, 1.165) is 16.7 Å². The van der Waals surface area contributed by atoms with Gasteiger partial charge < -0.3 is 4.42 Å². The summed E-state index contributed by atoms with van der Waals surface area (Å²) in [4.78, 5) is 4.41. The molecule has 0 bridgehead atoms. The van der Waals surface area contributed by atoms with Gasteiger partial charge in [0.1, 0.15) is 11.3 Å². The lowest BCUT2D eigenvalue weighted by Crippen LogP contribution is -1.87. The fraction of sp³-hybridized carbons (Fsp3) is 0.133. The van der Waals surface area contributed by atoms with Crippen molar-refractivity contribution >= 4 is 11.1 Å². The molecular weight excluding hydrogens is 229 g/mol. The highest BCUT2D eigenvalue weighted by molar-refractivity contribution is 5.77. The molecule has 90 valence electrons. The highest BCUT2D eigenvalue weighted by Crippen LogP contribution is 2.28. The standard InChI is InChI=1S/C15H12FNO/c1-9-6-7-14-13(8-9)17-15(18-14)11-4-3-5-12(16)10(11)2/h3-8H,1-2H3. The van der Waals surface area contributed by atoms with Crippen LogP contribution in [0.25, 0.3) is 22.6 Å². The largest absolute Gasteiger partial charge is 0.436 e. The number of hydrogen-bond donors (Lipinski definition) is 0. The van der Waals surface area contributed by atoms with Gasteiger partial charge in [-0.3, -0.25) is 0 Å². The zero-order chi connectivity index (χ0) is 12.7. The molecule has 0 aliphatic rings. The van der Waals surface area contributed by atoms with Gasteiger partial charge in [-0.05, 0) is 49.2 Å². The summed E-state index contributed by atoms with van der Waals surface area (Å²) < 4.78 is 19.2. The summed E-state index contributed by atoms with van der Waals surface area (Å²) in [6, 6.07) is 10.7. The minimum atomic E-state index is -0.245. The topological polar surface area (TPSA) is 26.0 Å². The Bertz CT molecular complexity index is 730. The summed E-state index contributed by atoms with van der Waals surface area (Å²) in [6.07, 6.45) is 0. The predicted octanol–water partition coefficient (Wildman–Crippen LogP) is 4.25. The van der Waals surface area contributed by atoms with Crippen LogP contribution in [0.3, 0.4) is 0 Å². The fourth-order valence-electron chi connectivity index (χ4n) is 1.99. The van der Waals surface area contributed by atoms with Crippen molar-refractivity contribution in [3.63, 3.8) is 0 Å². The van der Waals surface area contributed by atoms with Crippen molar-refractivity contribution in [3.8, 4) is 11.5 Å². The molecule has 2 nitrogen and oxygen atoms in total. The van der Waals surface area contributed by atoms with Gasteiger partial charge in [-0.15, -0.1) is 0 Å². The zero-order valence-corrected chi connectivity index (χ0v) is 10.2. The Morgan fingerprint density at radius 1 is 1.11 bits per heavy atom. The van der Waals surface area contributed by atoms with Gasteiger partial charge in [0, 0.05) is 5.56 Å². The first-order chi connectivity index (χ1) is 8.65. The van der Waals surface area contributed by atoms with E-state index in [2.05, 4.69) is 4.98 Å². The van der Waals surface area contributed by atoms with E-state index in [4.69, 9.17) is 4.42 Å². The first kappa shape index (κ1) is 11.0. The summed E-state index contributed by atoms with van der Waals surface area (Å²) in [5.41, 5.74) is 3.90. The van der Waals surface area contributed by atoms with Crippen molar-refractivity contribution in [1.82, 2.24) is 4.98 Å². The van der Waals surface area contributed by atoms with E-state index in [1.165, 1.54) is 6.07 Å². The van der Waals surface area contributed by atoms with Crippen molar-refractivity contribution in [1.29, 1.82) is 0 Å². The Morgan fingerprint density at radius 2 is 1.94 bits per heavy atom. The zero-order valence-electron chi connectivity index (χ0n) is 10.2. The minimum absolute atomic E-state index is 0.245. The van der Waals surface area contributed by atoms with Crippen LogP contribution in [0.2, 0.25) is 0 Å². The molecule has 3 heteroatoms. The molecule has 0 saturated carbocycles. The van der Waals surface area contributed by atoms with E-state index in [1.54, 1.807) is 13.0 Å². The molecule has 0 atom stereocenters. The Kier molecular flexibility index (Phi) is 2.40. The van der Waals surface area contributed by atoms with Gasteiger partial charge in [-0.1, -0.05) is 12.1 Å². The van der Waals surface area contributed by atoms with E-state index in [9.17, 15) is 4.39 Å². The van der Waals surface area contributed by atoms with Gasteiger partial charge in [-0.25, -0.2) is 9.37 Å². The Morgan fingerprint density at radius 3 is 2.78 bits per heavy atom. The van der Waals surface area contributed by atoms with Crippen LogP contribution in [0, 0.1) is 19.7 Å². The van der Waals surface area contributed by atoms with Crippen LogP contribution in [0.1, 0.15) is 11.1 Å². The summed E-state index contributed by atoms with van der Waals surface area (Å²) in [6.45, 7) is 3.73. The molecule has 0 fully saturated rings. The van der Waals surface area contributed by atoms with E-state index >= 15 is 0 Å². The van der Waals surface area contributed by atoms with Crippen LogP contribution in [0.15, 0.2) is 40.8 Å². The van der Waals surface area contributed by atoms with Crippen molar-refractivity contribution in [3.05, 3.63) is 53.3 Å². The maximum atomic E-state index is 13.5. The molecule has 2 aromatic carbocycles. The normalized spacial score (nSPS) is 11.1. The van der Waals surface area contributed by atoms with E-state index in [-0.39, 0.29) is 5.82 Å². The summed E-state index contributed by atoms with van der Waals surface area (Å²) >= 11 is 0. The van der Waals surface area contributed by atoms with Crippen LogP contribution in [0.5, 0.6) is 0 Å². The van der Waals surface area contributed by atoms with E-state index in [0.29, 0.717) is 17.0 Å². The maximum absolute atomic E-state index is 13.5. The van der Waals surface area contributed by atoms with Crippen molar-refractivity contribution in [2.75, 3.05) is 0 Å². The quantitative estimate of drug-likeness (QED) is 0.636. The van der Waals surface area contributed by atoms with Gasteiger partial charge in [0.2, 0.25) is 5.89 Å². The lowest BCUT2D eigenvalue weighted by molar-refractivity contribution is 0.605. The summed E-state index contributed by atoms with van der Waals surface area (Å²) in [5.74, 6) is 0.221. The smallest absolute Gasteiger partial charge is 0.227 e. The lowest BCUT2D eigenvalue weighted by Gasteiger charge is -2.01. The Hall–Kier alpha value is -2.16. The first-order valence-electron chi connectivity index (χ1n) is 5.78. The number of halogens is 1. The number of hydrogen-bond acceptors (Lipinski definition) is 2. The second kappa shape index (κ2) is 3.95. The molecule has 0 saturated heterocycles. The molecule has 0 amide bonds. The van der Waals surface area contributed by atoms with Crippen LogP contribution >= 0.6 is 0 Å². The van der Waals surface area contributed by atoms with Crippen LogP contribution in [0.4, 0.5) is 4.39 Å². The molecule has 0 N–H and O–H groups in total. The van der Waals surface area contributed by atoms with Crippen LogP contribution in [-0.2, 0) is 0 Å². The molecule has 0 aliphatic heterocycles. The molecule has 0 radical (unpaired) electrons. The van der Waals surface area contributed by atoms with Crippen molar-refractivity contribution in [2.45, 2.75) is 13.8 Å². The van der Waals surface area contributed by atoms with Crippen LogP contribution < -0.4 is 0 Å². The fourth-order valence-corrected chi connectivity index (χ4v) is 1.99. The first-order valence-corrected chi connectivity index (χ1v) is 5.78. The number of rotatable bonds is 1. The summed E-state index contributed by atoms with van der Waals surface area (Å²) in [5, 5.41) is 0. The molecule has 0 aliphatic carbocycles. The van der Waals surface area contributed by atoms with Gasteiger partial charge in [0.05, 0.1) is 0 Å². The lowest BCUT2D eigenvalue weighted by atomic mass is 10.1. The molecule has 3 aromatic rings. The molecule has 3 rings (SSSR count). The number of benzene rings is 2. The minimum Gasteiger partial charge on any atom is -0.436 e. The van der Waals surface area contributed by atoms with E-state index in [1.807, 2.05) is 31.2 Å². The monoisotopic (exact) mass is 241 g/mol. The SMILES string of the molecule is Cc1ccc2oc(-c3cccc(F)c3C)nc2c1. The highest BCUT2D eigenvalue weighted by atomic mass is 19.1. The van der Waals surface area contributed by atoms with Gasteiger partial charge in [0.15, 0.2) is 5.58 Å².